The third kappa shape index (κ3) is 5.26. The zero-order valence-corrected chi connectivity index (χ0v) is 23.0. The summed E-state index contributed by atoms with van der Waals surface area (Å²) in [6.45, 7) is 8.70. The van der Waals surface area contributed by atoms with E-state index in [0.717, 1.165) is 19.3 Å². The van der Waals surface area contributed by atoms with Crippen LogP contribution in [0, 0.1) is 5.92 Å². The van der Waals surface area contributed by atoms with Crippen molar-refractivity contribution >= 4 is 41.3 Å². The summed E-state index contributed by atoms with van der Waals surface area (Å²) in [6.07, 6.45) is 1.88. The minimum atomic E-state index is -0.583. The minimum Gasteiger partial charge on any atom is -0.444 e. The highest BCUT2D eigenvalue weighted by Gasteiger charge is 2.51. The first-order valence-corrected chi connectivity index (χ1v) is 14.0. The van der Waals surface area contributed by atoms with Crippen LogP contribution in [0.25, 0.3) is 0 Å². The van der Waals surface area contributed by atoms with Crippen molar-refractivity contribution < 1.29 is 23.9 Å². The van der Waals surface area contributed by atoms with Crippen LogP contribution >= 0.6 is 11.8 Å². The topological polar surface area (TPSA) is 120 Å². The Bertz CT molecular complexity index is 1190. The summed E-state index contributed by atoms with van der Waals surface area (Å²) in [5.74, 6) is -0.377. The second-order valence-corrected chi connectivity index (χ2v) is 12.4. The number of rotatable bonds is 4. The average molecular weight is 542 g/mol. The lowest BCUT2D eigenvalue weighted by atomic mass is 9.86. The molecule has 5 rings (SSSR count). The number of piperidine rings is 2. The van der Waals surface area contributed by atoms with Gasteiger partial charge in [-0.05, 0) is 65.6 Å². The smallest absolute Gasteiger partial charge is 0.410 e. The van der Waals surface area contributed by atoms with Crippen molar-refractivity contribution in [2.45, 2.75) is 70.0 Å². The molecule has 0 saturated carbocycles. The molecule has 204 valence electrons. The molecule has 0 aliphatic carbocycles. The molecule has 0 bridgehead atoms. The normalized spacial score (nSPS) is 27.0. The zero-order valence-electron chi connectivity index (χ0n) is 22.2. The largest absolute Gasteiger partial charge is 0.444 e. The molecule has 1 aromatic carbocycles. The maximum absolute atomic E-state index is 13.5. The van der Waals surface area contributed by atoms with Crippen molar-refractivity contribution in [3.8, 4) is 0 Å². The first kappa shape index (κ1) is 26.6. The highest BCUT2D eigenvalue weighted by atomic mass is 32.2. The zero-order chi connectivity index (χ0) is 27.2. The molecule has 3 saturated heterocycles. The van der Waals surface area contributed by atoms with E-state index in [4.69, 9.17) is 4.74 Å². The highest BCUT2D eigenvalue weighted by molar-refractivity contribution is 8.04. The number of carbonyl (C=O) groups is 4. The third-order valence-corrected chi connectivity index (χ3v) is 8.64. The highest BCUT2D eigenvalue weighted by Crippen LogP contribution is 2.48. The maximum Gasteiger partial charge on any atom is 0.410 e. The van der Waals surface area contributed by atoms with Crippen molar-refractivity contribution in [3.63, 3.8) is 0 Å². The second-order valence-electron chi connectivity index (χ2n) is 11.3. The fraction of sp³-hybridized carbons (Fsp3) is 0.556. The van der Waals surface area contributed by atoms with E-state index in [-0.39, 0.29) is 47.2 Å². The van der Waals surface area contributed by atoms with Crippen LogP contribution in [0.4, 0.5) is 15.3 Å². The van der Waals surface area contributed by atoms with E-state index in [1.807, 2.05) is 26.8 Å². The summed E-state index contributed by atoms with van der Waals surface area (Å²) < 4.78 is 5.51. The number of thioether (sulfide) groups is 1. The van der Waals surface area contributed by atoms with Crippen molar-refractivity contribution in [2.75, 3.05) is 24.5 Å². The molecule has 0 aromatic heterocycles. The lowest BCUT2D eigenvalue weighted by Crippen LogP contribution is -2.62. The van der Waals surface area contributed by atoms with Gasteiger partial charge in [0.1, 0.15) is 5.60 Å². The van der Waals surface area contributed by atoms with Crippen LogP contribution in [0.15, 0.2) is 34.9 Å². The fourth-order valence-corrected chi connectivity index (χ4v) is 7.03. The molecule has 4 aliphatic heterocycles. The number of ether oxygens (including phenoxy) is 1. The molecule has 3 fully saturated rings. The monoisotopic (exact) mass is 541 g/mol. The van der Waals surface area contributed by atoms with Crippen LogP contribution in [0.3, 0.4) is 0 Å². The molecule has 4 heterocycles. The third-order valence-electron chi connectivity index (χ3n) is 7.29. The predicted octanol–water partition coefficient (Wildman–Crippen LogP) is 3.20. The lowest BCUT2D eigenvalue weighted by Gasteiger charge is -2.45. The standard InChI is InChI=1S/C27H35N5O5S/c1-15(33)16-7-5-9-18(13-16)32-19-10-11-28-24-20(19)21(30-25(32)35)22(38-24)23(34)29-17-8-6-12-31(14-17)26(36)37-27(2,3)4/h5,7,9,13,17,19-20,24,28H,6,8,10-12,14H2,1-4H3,(H,29,34)(H,30,35)/t17-,19?,20?,24?/m1/s1. The Balaban J connectivity index is 1.33. The van der Waals surface area contributed by atoms with Gasteiger partial charge in [-0.25, -0.2) is 9.59 Å². The van der Waals surface area contributed by atoms with Crippen molar-refractivity contribution in [1.29, 1.82) is 0 Å². The molecule has 4 aliphatic rings. The summed E-state index contributed by atoms with van der Waals surface area (Å²) in [5, 5.41) is 9.55. The number of benzene rings is 1. The van der Waals surface area contributed by atoms with E-state index < -0.39 is 5.60 Å². The van der Waals surface area contributed by atoms with Gasteiger partial charge in [-0.15, -0.1) is 0 Å². The summed E-state index contributed by atoms with van der Waals surface area (Å²) in [4.78, 5) is 55.3. The van der Waals surface area contributed by atoms with Crippen LogP contribution < -0.4 is 20.9 Å². The van der Waals surface area contributed by atoms with Gasteiger partial charge in [-0.2, -0.15) is 0 Å². The van der Waals surface area contributed by atoms with Crippen molar-refractivity contribution in [2.24, 2.45) is 5.92 Å². The van der Waals surface area contributed by atoms with Crippen LogP contribution in [0.1, 0.15) is 57.3 Å². The van der Waals surface area contributed by atoms with Gasteiger partial charge >= 0.3 is 12.1 Å². The first-order chi connectivity index (χ1) is 18.0. The Morgan fingerprint density at radius 1 is 1.18 bits per heavy atom. The molecule has 11 heteroatoms. The van der Waals surface area contributed by atoms with Gasteiger partial charge in [0.25, 0.3) is 5.91 Å². The molecular formula is C27H35N5O5S. The number of Topliss-reactive ketones (excluding diaryl/α,β-unsaturated/α-hetero) is 1. The number of likely N-dealkylation sites (tertiary alicyclic amines) is 1. The van der Waals surface area contributed by atoms with Crippen LogP contribution in [0.5, 0.6) is 0 Å². The number of ketones is 1. The average Bonchev–Trinajstić information content (AvgIpc) is 3.23. The maximum atomic E-state index is 13.5. The molecule has 4 atom stereocenters. The van der Waals surface area contributed by atoms with Gasteiger partial charge in [-0.1, -0.05) is 23.9 Å². The number of anilines is 1. The van der Waals surface area contributed by atoms with E-state index in [1.165, 1.54) is 18.7 Å². The molecule has 38 heavy (non-hydrogen) atoms. The van der Waals surface area contributed by atoms with Crippen molar-refractivity contribution in [3.05, 3.63) is 40.4 Å². The number of nitrogens with zero attached hydrogens (tertiary/aromatic N) is 2. The summed E-state index contributed by atoms with van der Waals surface area (Å²) >= 11 is 1.45. The van der Waals surface area contributed by atoms with E-state index in [1.54, 1.807) is 28.0 Å². The molecule has 10 nitrogen and oxygen atoms in total. The van der Waals surface area contributed by atoms with Crippen LogP contribution in [-0.2, 0) is 9.53 Å². The fourth-order valence-electron chi connectivity index (χ4n) is 5.64. The number of hydrogen-bond donors (Lipinski definition) is 3. The van der Waals surface area contributed by atoms with Crippen molar-refractivity contribution in [1.82, 2.24) is 20.9 Å². The van der Waals surface area contributed by atoms with Gasteiger partial charge in [0.05, 0.1) is 16.3 Å². The quantitative estimate of drug-likeness (QED) is 0.501. The molecular weight excluding hydrogens is 506 g/mol. The van der Waals surface area contributed by atoms with E-state index in [9.17, 15) is 19.2 Å². The Morgan fingerprint density at radius 3 is 2.71 bits per heavy atom. The first-order valence-electron chi connectivity index (χ1n) is 13.2. The Hall–Kier alpha value is -3.05. The minimum absolute atomic E-state index is 0.0480. The van der Waals surface area contributed by atoms with Gasteiger partial charge in [0.15, 0.2) is 5.78 Å². The number of carbonyl (C=O) groups excluding carboxylic acids is 4. The Morgan fingerprint density at radius 2 is 1.97 bits per heavy atom. The van der Waals surface area contributed by atoms with Crippen LogP contribution in [0.2, 0.25) is 0 Å². The molecule has 1 aromatic rings. The van der Waals surface area contributed by atoms with E-state index in [0.29, 0.717) is 41.5 Å². The lowest BCUT2D eigenvalue weighted by molar-refractivity contribution is -0.118. The second kappa shape index (κ2) is 10.3. The molecule has 0 spiro atoms. The van der Waals surface area contributed by atoms with Gasteiger partial charge in [-0.3, -0.25) is 14.5 Å². The van der Waals surface area contributed by atoms with E-state index >= 15 is 0 Å². The summed E-state index contributed by atoms with van der Waals surface area (Å²) in [7, 11) is 0. The SMILES string of the molecule is CC(=O)c1cccc(N2C(=O)NC3=C(C(=O)N[C@@H]4CCCN(C(=O)OC(C)(C)C)C4)SC4NCCC2C34)c1. The van der Waals surface area contributed by atoms with E-state index in [2.05, 4.69) is 16.0 Å². The van der Waals surface area contributed by atoms with Crippen LogP contribution in [-0.4, -0.2) is 71.4 Å². The van der Waals surface area contributed by atoms with Gasteiger partial charge < -0.3 is 25.6 Å². The summed E-state index contributed by atoms with van der Waals surface area (Å²) in [5.41, 5.74) is 1.29. The van der Waals surface area contributed by atoms with Gasteiger partial charge in [0.2, 0.25) is 0 Å². The predicted molar refractivity (Wildman–Crippen MR) is 145 cm³/mol. The number of nitrogens with one attached hydrogen (secondary N) is 3. The number of urea groups is 1. The molecule has 4 amide bonds. The molecule has 0 radical (unpaired) electrons. The molecule has 3 unspecified atom stereocenters. The van der Waals surface area contributed by atoms with Gasteiger partial charge in [0, 0.05) is 42.0 Å². The number of hydrogen-bond acceptors (Lipinski definition) is 7. The number of amides is 4. The Kier molecular flexibility index (Phi) is 7.17. The summed E-state index contributed by atoms with van der Waals surface area (Å²) in [6, 6.07) is 6.49. The Labute approximate surface area is 226 Å². The molecule has 3 N–H and O–H groups in total.